The minimum Gasteiger partial charge on any atom is -0.399 e. The first-order valence-electron chi connectivity index (χ1n) is 6.41. The van der Waals surface area contributed by atoms with E-state index in [2.05, 4.69) is 15.9 Å². The highest BCUT2D eigenvalue weighted by molar-refractivity contribution is 9.10. The standard InChI is InChI=1S/C14H17BrN2O2S2/c1-10(2)17(9-11-3-5-12(16)6-4-11)21(18,19)14-13(15)7-8-20-14/h3-8,10H,9,16H2,1-2H3. The highest BCUT2D eigenvalue weighted by Gasteiger charge is 2.29. The molecular formula is C14H17BrN2O2S2. The molecule has 7 heteroatoms. The molecule has 2 N–H and O–H groups in total. The van der Waals surface area contributed by atoms with E-state index in [1.54, 1.807) is 23.6 Å². The van der Waals surface area contributed by atoms with Crippen LogP contribution in [0.5, 0.6) is 0 Å². The second kappa shape index (κ2) is 6.48. The third-order valence-corrected chi connectivity index (χ3v) is 7.69. The van der Waals surface area contributed by atoms with Gasteiger partial charge in [0.25, 0.3) is 10.0 Å². The van der Waals surface area contributed by atoms with Crippen LogP contribution < -0.4 is 5.73 Å². The number of nitrogens with zero attached hydrogens (tertiary/aromatic N) is 1. The van der Waals surface area contributed by atoms with Gasteiger partial charge in [-0.3, -0.25) is 0 Å². The van der Waals surface area contributed by atoms with Crippen LogP contribution in [0.2, 0.25) is 0 Å². The summed E-state index contributed by atoms with van der Waals surface area (Å²) in [5.41, 5.74) is 7.24. The van der Waals surface area contributed by atoms with Crippen LogP contribution in [0.25, 0.3) is 0 Å². The lowest BCUT2D eigenvalue weighted by Gasteiger charge is -2.25. The number of halogens is 1. The van der Waals surface area contributed by atoms with Gasteiger partial charge in [0.15, 0.2) is 0 Å². The van der Waals surface area contributed by atoms with E-state index in [1.165, 1.54) is 15.6 Å². The summed E-state index contributed by atoms with van der Waals surface area (Å²) in [6.45, 7) is 4.07. The summed E-state index contributed by atoms with van der Waals surface area (Å²) >= 11 is 4.52. The number of nitrogens with two attached hydrogens (primary N) is 1. The molecule has 0 atom stereocenters. The maximum absolute atomic E-state index is 12.8. The van der Waals surface area contributed by atoms with Gasteiger partial charge in [-0.2, -0.15) is 4.31 Å². The van der Waals surface area contributed by atoms with E-state index in [1.807, 2.05) is 26.0 Å². The van der Waals surface area contributed by atoms with Gasteiger partial charge in [0, 0.05) is 22.7 Å². The fourth-order valence-corrected chi connectivity index (χ4v) is 5.97. The number of nitrogen functional groups attached to an aromatic ring is 1. The van der Waals surface area contributed by atoms with Crippen LogP contribution in [-0.4, -0.2) is 18.8 Å². The average molecular weight is 389 g/mol. The third-order valence-electron chi connectivity index (χ3n) is 3.02. The Bertz CT molecular complexity index is 709. The molecule has 0 aliphatic carbocycles. The van der Waals surface area contributed by atoms with Gasteiger partial charge in [-0.15, -0.1) is 11.3 Å². The lowest BCUT2D eigenvalue weighted by atomic mass is 10.2. The molecule has 4 nitrogen and oxygen atoms in total. The van der Waals surface area contributed by atoms with E-state index in [4.69, 9.17) is 5.73 Å². The summed E-state index contributed by atoms with van der Waals surface area (Å²) in [5, 5.41) is 1.76. The molecule has 2 aromatic rings. The molecule has 0 saturated heterocycles. The van der Waals surface area contributed by atoms with Gasteiger partial charge in [-0.05, 0) is 58.9 Å². The number of hydrogen-bond donors (Lipinski definition) is 1. The molecule has 0 bridgehead atoms. The predicted octanol–water partition coefficient (Wildman–Crippen LogP) is 3.69. The van der Waals surface area contributed by atoms with E-state index in [0.717, 1.165) is 5.56 Å². The predicted molar refractivity (Wildman–Crippen MR) is 90.7 cm³/mol. The topological polar surface area (TPSA) is 63.4 Å². The zero-order valence-electron chi connectivity index (χ0n) is 11.8. The second-order valence-electron chi connectivity index (χ2n) is 4.94. The van der Waals surface area contributed by atoms with Gasteiger partial charge in [0.1, 0.15) is 4.21 Å². The van der Waals surface area contributed by atoms with Gasteiger partial charge in [-0.1, -0.05) is 12.1 Å². The van der Waals surface area contributed by atoms with E-state index in [0.29, 0.717) is 20.9 Å². The summed E-state index contributed by atoms with van der Waals surface area (Å²) in [5.74, 6) is 0. The summed E-state index contributed by atoms with van der Waals surface area (Å²) in [7, 11) is -3.52. The van der Waals surface area contributed by atoms with Crippen LogP contribution in [0.4, 0.5) is 5.69 Å². The summed E-state index contributed by atoms with van der Waals surface area (Å²) in [6, 6.07) is 8.87. The highest BCUT2D eigenvalue weighted by atomic mass is 79.9. The van der Waals surface area contributed by atoms with Crippen LogP contribution >= 0.6 is 27.3 Å². The molecule has 21 heavy (non-hydrogen) atoms. The molecule has 0 amide bonds. The minimum absolute atomic E-state index is 0.137. The van der Waals surface area contributed by atoms with E-state index >= 15 is 0 Å². The van der Waals surface area contributed by atoms with Crippen molar-refractivity contribution in [1.82, 2.24) is 4.31 Å². The normalized spacial score (nSPS) is 12.2. The largest absolute Gasteiger partial charge is 0.399 e. The minimum atomic E-state index is -3.52. The van der Waals surface area contributed by atoms with Crippen molar-refractivity contribution in [3.05, 3.63) is 45.7 Å². The fraction of sp³-hybridized carbons (Fsp3) is 0.286. The Balaban J connectivity index is 2.35. The molecule has 0 aliphatic rings. The maximum atomic E-state index is 12.8. The first-order valence-corrected chi connectivity index (χ1v) is 9.53. The monoisotopic (exact) mass is 388 g/mol. The van der Waals surface area contributed by atoms with Crippen LogP contribution in [0.3, 0.4) is 0 Å². The van der Waals surface area contributed by atoms with Crippen molar-refractivity contribution in [3.8, 4) is 0 Å². The molecule has 0 saturated carbocycles. The summed E-state index contributed by atoms with van der Waals surface area (Å²) in [4.78, 5) is 0. The number of sulfonamides is 1. The zero-order valence-corrected chi connectivity index (χ0v) is 15.0. The molecule has 0 unspecified atom stereocenters. The maximum Gasteiger partial charge on any atom is 0.254 e. The van der Waals surface area contributed by atoms with Gasteiger partial charge in [0.05, 0.1) is 0 Å². The molecule has 0 aliphatic heterocycles. The van der Waals surface area contributed by atoms with Crippen LogP contribution in [0, 0.1) is 0 Å². The second-order valence-corrected chi connectivity index (χ2v) is 8.80. The molecule has 0 radical (unpaired) electrons. The molecule has 1 heterocycles. The highest BCUT2D eigenvalue weighted by Crippen LogP contribution is 2.32. The zero-order chi connectivity index (χ0) is 15.6. The van der Waals surface area contributed by atoms with Crippen LogP contribution in [-0.2, 0) is 16.6 Å². The van der Waals surface area contributed by atoms with E-state index in [-0.39, 0.29) is 6.04 Å². The SMILES string of the molecule is CC(C)N(Cc1ccc(N)cc1)S(=O)(=O)c1sccc1Br. The van der Waals surface area contributed by atoms with Crippen molar-refractivity contribution < 1.29 is 8.42 Å². The fourth-order valence-electron chi connectivity index (χ4n) is 1.92. The third kappa shape index (κ3) is 3.66. The Morgan fingerprint density at radius 1 is 1.24 bits per heavy atom. The van der Waals surface area contributed by atoms with Crippen LogP contribution in [0.15, 0.2) is 44.4 Å². The molecular weight excluding hydrogens is 372 g/mol. The van der Waals surface area contributed by atoms with Crippen molar-refractivity contribution >= 4 is 43.0 Å². The van der Waals surface area contributed by atoms with Crippen LogP contribution in [0.1, 0.15) is 19.4 Å². The molecule has 114 valence electrons. The number of hydrogen-bond acceptors (Lipinski definition) is 4. The Hall–Kier alpha value is -0.890. The lowest BCUT2D eigenvalue weighted by Crippen LogP contribution is -2.36. The summed E-state index contributed by atoms with van der Waals surface area (Å²) < 4.78 is 28.1. The number of rotatable bonds is 5. The number of benzene rings is 1. The molecule has 1 aromatic carbocycles. The van der Waals surface area contributed by atoms with Crippen molar-refractivity contribution in [2.45, 2.75) is 30.6 Å². The Morgan fingerprint density at radius 3 is 2.33 bits per heavy atom. The lowest BCUT2D eigenvalue weighted by molar-refractivity contribution is 0.349. The van der Waals surface area contributed by atoms with E-state index < -0.39 is 10.0 Å². The van der Waals surface area contributed by atoms with Gasteiger partial charge in [0.2, 0.25) is 0 Å². The van der Waals surface area contributed by atoms with Crippen molar-refractivity contribution in [2.24, 2.45) is 0 Å². The quantitative estimate of drug-likeness (QED) is 0.794. The van der Waals surface area contributed by atoms with E-state index in [9.17, 15) is 8.42 Å². The molecule has 0 spiro atoms. The Kier molecular flexibility index (Phi) is 5.08. The summed E-state index contributed by atoms with van der Waals surface area (Å²) in [6.07, 6.45) is 0. The van der Waals surface area contributed by atoms with Gasteiger partial charge in [-0.25, -0.2) is 8.42 Å². The molecule has 2 rings (SSSR count). The van der Waals surface area contributed by atoms with Crippen molar-refractivity contribution in [2.75, 3.05) is 5.73 Å². The first kappa shape index (κ1) is 16.5. The molecule has 0 fully saturated rings. The number of anilines is 1. The average Bonchev–Trinajstić information content (AvgIpc) is 2.84. The van der Waals surface area contributed by atoms with Crippen molar-refractivity contribution in [3.63, 3.8) is 0 Å². The van der Waals surface area contributed by atoms with Gasteiger partial charge >= 0.3 is 0 Å². The first-order chi connectivity index (χ1) is 9.82. The number of thiophene rings is 1. The molecule has 1 aromatic heterocycles. The Morgan fingerprint density at radius 2 is 1.86 bits per heavy atom. The van der Waals surface area contributed by atoms with Gasteiger partial charge < -0.3 is 5.73 Å². The Labute approximate surface area is 137 Å². The van der Waals surface area contributed by atoms with Crippen molar-refractivity contribution in [1.29, 1.82) is 0 Å². The smallest absolute Gasteiger partial charge is 0.254 e.